The van der Waals surface area contributed by atoms with Crippen LogP contribution < -0.4 is 5.32 Å². The molecule has 0 aromatic carbocycles. The molecule has 1 heterocycles. The van der Waals surface area contributed by atoms with Gasteiger partial charge in [-0.2, -0.15) is 0 Å². The van der Waals surface area contributed by atoms with Crippen molar-refractivity contribution < 1.29 is 4.79 Å². The van der Waals surface area contributed by atoms with E-state index in [1.165, 1.54) is 0 Å². The molecular formula is C13H25BrN2O. The van der Waals surface area contributed by atoms with Crippen LogP contribution in [0.4, 0.5) is 0 Å². The molecule has 100 valence electrons. The molecule has 1 saturated heterocycles. The van der Waals surface area contributed by atoms with E-state index < -0.39 is 0 Å². The van der Waals surface area contributed by atoms with Gasteiger partial charge in [0.2, 0.25) is 5.91 Å². The molecule has 1 fully saturated rings. The predicted octanol–water partition coefficient (Wildman–Crippen LogP) is 2.54. The maximum atomic E-state index is 11.7. The number of amides is 1. The van der Waals surface area contributed by atoms with Gasteiger partial charge in [-0.25, -0.2) is 0 Å². The first-order valence-corrected chi connectivity index (χ1v) is 7.45. The minimum Gasteiger partial charge on any atom is -0.352 e. The van der Waals surface area contributed by atoms with Gasteiger partial charge in [0.1, 0.15) is 0 Å². The minimum atomic E-state index is -0.0388. The van der Waals surface area contributed by atoms with E-state index >= 15 is 0 Å². The fourth-order valence-electron chi connectivity index (χ4n) is 2.17. The highest BCUT2D eigenvalue weighted by Gasteiger charge is 2.28. The number of carbonyl (C=O) groups is 1. The second-order valence-electron chi connectivity index (χ2n) is 5.82. The van der Waals surface area contributed by atoms with Crippen molar-refractivity contribution in [2.45, 2.75) is 63.4 Å². The van der Waals surface area contributed by atoms with Crippen molar-refractivity contribution in [3.63, 3.8) is 0 Å². The zero-order chi connectivity index (χ0) is 13.1. The van der Waals surface area contributed by atoms with Gasteiger partial charge in [0.15, 0.2) is 0 Å². The van der Waals surface area contributed by atoms with Crippen molar-refractivity contribution >= 4 is 21.8 Å². The average molecular weight is 305 g/mol. The SMILES string of the molecule is CCC(Br)C(=O)NC1CCN(C(C)(C)C)CC1. The van der Waals surface area contributed by atoms with Crippen molar-refractivity contribution in [1.82, 2.24) is 10.2 Å². The Morgan fingerprint density at radius 1 is 1.41 bits per heavy atom. The number of hydrogen-bond acceptors (Lipinski definition) is 2. The predicted molar refractivity (Wildman–Crippen MR) is 75.5 cm³/mol. The summed E-state index contributed by atoms with van der Waals surface area (Å²) in [5, 5.41) is 3.13. The fourth-order valence-corrected chi connectivity index (χ4v) is 2.30. The van der Waals surface area contributed by atoms with E-state index in [0.29, 0.717) is 6.04 Å². The third kappa shape index (κ3) is 4.59. The molecule has 0 radical (unpaired) electrons. The number of rotatable bonds is 3. The molecule has 3 nitrogen and oxygen atoms in total. The molecular weight excluding hydrogens is 280 g/mol. The second-order valence-corrected chi connectivity index (χ2v) is 6.92. The molecule has 1 N–H and O–H groups in total. The van der Waals surface area contributed by atoms with Crippen LogP contribution in [0.5, 0.6) is 0 Å². The molecule has 1 amide bonds. The van der Waals surface area contributed by atoms with Gasteiger partial charge in [0.25, 0.3) is 0 Å². The molecule has 17 heavy (non-hydrogen) atoms. The average Bonchev–Trinajstić information content (AvgIpc) is 2.27. The highest BCUT2D eigenvalue weighted by molar-refractivity contribution is 9.10. The third-order valence-corrected chi connectivity index (χ3v) is 4.50. The first-order valence-electron chi connectivity index (χ1n) is 6.54. The van der Waals surface area contributed by atoms with Crippen molar-refractivity contribution in [3.8, 4) is 0 Å². The monoisotopic (exact) mass is 304 g/mol. The van der Waals surface area contributed by atoms with E-state index in [9.17, 15) is 4.79 Å². The maximum absolute atomic E-state index is 11.7. The molecule has 0 spiro atoms. The summed E-state index contributed by atoms with van der Waals surface area (Å²) in [6, 6.07) is 0.354. The van der Waals surface area contributed by atoms with E-state index in [-0.39, 0.29) is 16.3 Å². The number of nitrogens with one attached hydrogen (secondary N) is 1. The van der Waals surface area contributed by atoms with Gasteiger partial charge >= 0.3 is 0 Å². The van der Waals surface area contributed by atoms with Crippen LogP contribution >= 0.6 is 15.9 Å². The number of nitrogens with zero attached hydrogens (tertiary/aromatic N) is 1. The molecule has 1 aliphatic rings. The zero-order valence-electron chi connectivity index (χ0n) is 11.4. The largest absolute Gasteiger partial charge is 0.352 e. The Balaban J connectivity index is 2.35. The summed E-state index contributed by atoms with van der Waals surface area (Å²) in [6.07, 6.45) is 2.96. The van der Waals surface area contributed by atoms with Crippen LogP contribution in [0.15, 0.2) is 0 Å². The van der Waals surface area contributed by atoms with Gasteiger partial charge in [-0.15, -0.1) is 0 Å². The van der Waals surface area contributed by atoms with Crippen LogP contribution in [0.3, 0.4) is 0 Å². The summed E-state index contributed by atoms with van der Waals surface area (Å²) in [5.74, 6) is 0.140. The molecule has 0 bridgehead atoms. The van der Waals surface area contributed by atoms with Crippen LogP contribution in [0.25, 0.3) is 0 Å². The number of carbonyl (C=O) groups excluding carboxylic acids is 1. The van der Waals surface area contributed by atoms with Gasteiger partial charge in [-0.1, -0.05) is 22.9 Å². The molecule has 0 aromatic rings. The fraction of sp³-hybridized carbons (Fsp3) is 0.923. The number of hydrogen-bond donors (Lipinski definition) is 1. The topological polar surface area (TPSA) is 32.3 Å². The van der Waals surface area contributed by atoms with Gasteiger partial charge in [-0.05, 0) is 40.0 Å². The maximum Gasteiger partial charge on any atom is 0.233 e. The number of alkyl halides is 1. The Hall–Kier alpha value is -0.0900. The normalized spacial score (nSPS) is 21.2. The van der Waals surface area contributed by atoms with Crippen molar-refractivity contribution in [3.05, 3.63) is 0 Å². The quantitative estimate of drug-likeness (QED) is 0.813. The van der Waals surface area contributed by atoms with Gasteiger partial charge in [-0.3, -0.25) is 9.69 Å². The smallest absolute Gasteiger partial charge is 0.233 e. The van der Waals surface area contributed by atoms with Gasteiger partial charge in [0, 0.05) is 24.7 Å². The third-order valence-electron chi connectivity index (χ3n) is 3.43. The molecule has 1 atom stereocenters. The summed E-state index contributed by atoms with van der Waals surface area (Å²) in [7, 11) is 0. The molecule has 1 unspecified atom stereocenters. The lowest BCUT2D eigenvalue weighted by Gasteiger charge is -2.41. The molecule has 1 aliphatic heterocycles. The Bertz CT molecular complexity index is 255. The standard InChI is InChI=1S/C13H25BrN2O/c1-5-11(14)12(17)15-10-6-8-16(9-7-10)13(2,3)4/h10-11H,5-9H2,1-4H3,(H,15,17). The molecule has 4 heteroatoms. The summed E-state index contributed by atoms with van der Waals surface area (Å²) in [6.45, 7) is 10.9. The highest BCUT2D eigenvalue weighted by Crippen LogP contribution is 2.20. The van der Waals surface area contributed by atoms with Crippen LogP contribution in [-0.2, 0) is 4.79 Å². The van der Waals surface area contributed by atoms with E-state index in [4.69, 9.17) is 0 Å². The summed E-state index contributed by atoms with van der Waals surface area (Å²) >= 11 is 3.39. The summed E-state index contributed by atoms with van der Waals surface area (Å²) in [5.41, 5.74) is 0.246. The number of halogens is 1. The Kier molecular flexibility index (Phi) is 5.45. The van der Waals surface area contributed by atoms with Gasteiger partial charge in [0.05, 0.1) is 4.83 Å². The van der Waals surface area contributed by atoms with Crippen molar-refractivity contribution in [2.24, 2.45) is 0 Å². The Labute approximate surface area is 113 Å². The zero-order valence-corrected chi connectivity index (χ0v) is 13.0. The van der Waals surface area contributed by atoms with E-state index in [1.54, 1.807) is 0 Å². The lowest BCUT2D eigenvalue weighted by atomic mass is 9.98. The Morgan fingerprint density at radius 3 is 2.35 bits per heavy atom. The first kappa shape index (κ1) is 15.0. The Morgan fingerprint density at radius 2 is 1.94 bits per heavy atom. The molecule has 0 aliphatic carbocycles. The van der Waals surface area contributed by atoms with Crippen LogP contribution in [0.1, 0.15) is 47.0 Å². The second kappa shape index (κ2) is 6.19. The summed E-state index contributed by atoms with van der Waals surface area (Å²) in [4.78, 5) is 14.2. The van der Waals surface area contributed by atoms with Crippen molar-refractivity contribution in [2.75, 3.05) is 13.1 Å². The summed E-state index contributed by atoms with van der Waals surface area (Å²) < 4.78 is 0. The lowest BCUT2D eigenvalue weighted by molar-refractivity contribution is -0.121. The van der Waals surface area contributed by atoms with Crippen LogP contribution in [-0.4, -0.2) is 40.3 Å². The van der Waals surface area contributed by atoms with Gasteiger partial charge < -0.3 is 5.32 Å². The number of likely N-dealkylation sites (tertiary alicyclic amines) is 1. The minimum absolute atomic E-state index is 0.0388. The van der Waals surface area contributed by atoms with Crippen LogP contribution in [0.2, 0.25) is 0 Å². The van der Waals surface area contributed by atoms with E-state index in [2.05, 4.69) is 46.9 Å². The van der Waals surface area contributed by atoms with E-state index in [0.717, 1.165) is 32.4 Å². The lowest BCUT2D eigenvalue weighted by Crippen LogP contribution is -2.51. The molecule has 0 aromatic heterocycles. The molecule has 1 rings (SSSR count). The first-order chi connectivity index (χ1) is 7.84. The number of piperidine rings is 1. The van der Waals surface area contributed by atoms with Crippen molar-refractivity contribution in [1.29, 1.82) is 0 Å². The highest BCUT2D eigenvalue weighted by atomic mass is 79.9. The molecule has 0 saturated carbocycles. The van der Waals surface area contributed by atoms with Crippen LogP contribution in [0, 0.1) is 0 Å². The van der Waals surface area contributed by atoms with E-state index in [1.807, 2.05) is 6.92 Å².